The molecule has 0 fully saturated rings. The van der Waals surface area contributed by atoms with Crippen LogP contribution >= 0.6 is 0 Å². The van der Waals surface area contributed by atoms with Crippen LogP contribution in [0.5, 0.6) is 0 Å². The van der Waals surface area contributed by atoms with Crippen LogP contribution in [-0.2, 0) is 24.2 Å². The van der Waals surface area contributed by atoms with E-state index in [0.29, 0.717) is 0 Å². The molecular formula is C9H16O5S. The Kier molecular flexibility index (Phi) is 5.49. The van der Waals surface area contributed by atoms with Gasteiger partial charge in [-0.1, -0.05) is 6.92 Å². The molecule has 0 aromatic rings. The molecule has 0 bridgehead atoms. The lowest BCUT2D eigenvalue weighted by atomic mass is 10.2. The van der Waals surface area contributed by atoms with Gasteiger partial charge >= 0.3 is 5.97 Å². The van der Waals surface area contributed by atoms with E-state index < -0.39 is 21.1 Å². The first kappa shape index (κ1) is 14.1. The normalized spacial score (nSPS) is 13.3. The number of ether oxygens (including phenoxy) is 1. The Balaban J connectivity index is 4.43. The standard InChI is InChI=1S/C9H16O5S/c1-4-8(10)7(2)15(12,13)6-5-9(11)14-3/h7H,4-6H2,1-3H3. The Morgan fingerprint density at radius 2 is 1.87 bits per heavy atom. The molecule has 0 aliphatic rings. The summed E-state index contributed by atoms with van der Waals surface area (Å²) in [5.74, 6) is -1.26. The van der Waals surface area contributed by atoms with Gasteiger partial charge in [0.25, 0.3) is 0 Å². The van der Waals surface area contributed by atoms with Gasteiger partial charge in [0.15, 0.2) is 9.84 Å². The fraction of sp³-hybridized carbons (Fsp3) is 0.778. The molecule has 6 heteroatoms. The first-order chi connectivity index (χ1) is 6.85. The number of Topliss-reactive ketones (excluding diaryl/α,β-unsaturated/α-hetero) is 1. The number of hydrogen-bond acceptors (Lipinski definition) is 5. The molecule has 0 aromatic heterocycles. The van der Waals surface area contributed by atoms with Gasteiger partial charge in [0, 0.05) is 6.42 Å². The summed E-state index contributed by atoms with van der Waals surface area (Å²) in [6.07, 6.45) is -0.0290. The number of methoxy groups -OCH3 is 1. The van der Waals surface area contributed by atoms with Crippen molar-refractivity contribution >= 4 is 21.6 Å². The molecule has 0 spiro atoms. The first-order valence-electron chi connectivity index (χ1n) is 4.66. The second kappa shape index (κ2) is 5.85. The van der Waals surface area contributed by atoms with Crippen LogP contribution < -0.4 is 0 Å². The number of rotatable bonds is 6. The Bertz CT molecular complexity index is 330. The molecule has 0 aliphatic heterocycles. The Labute approximate surface area is 89.7 Å². The summed E-state index contributed by atoms with van der Waals surface area (Å²) in [5.41, 5.74) is 0. The van der Waals surface area contributed by atoms with E-state index in [1.807, 2.05) is 0 Å². The van der Waals surface area contributed by atoms with E-state index in [0.717, 1.165) is 0 Å². The van der Waals surface area contributed by atoms with Gasteiger partial charge < -0.3 is 4.74 Å². The zero-order valence-corrected chi connectivity index (χ0v) is 9.96. The quantitative estimate of drug-likeness (QED) is 0.621. The molecule has 0 aromatic carbocycles. The third kappa shape index (κ3) is 4.42. The SMILES string of the molecule is CCC(=O)C(C)S(=O)(=O)CCC(=O)OC. The lowest BCUT2D eigenvalue weighted by Crippen LogP contribution is -2.29. The molecule has 0 heterocycles. The average molecular weight is 236 g/mol. The second-order valence-corrected chi connectivity index (χ2v) is 5.60. The summed E-state index contributed by atoms with van der Waals surface area (Å²) in [6.45, 7) is 2.95. The lowest BCUT2D eigenvalue weighted by Gasteiger charge is -2.09. The van der Waals surface area contributed by atoms with E-state index in [1.165, 1.54) is 14.0 Å². The minimum absolute atomic E-state index is 0.179. The number of carbonyl (C=O) groups excluding carboxylic acids is 2. The summed E-state index contributed by atoms with van der Waals surface area (Å²) in [6, 6.07) is 0. The molecule has 0 radical (unpaired) electrons. The minimum Gasteiger partial charge on any atom is -0.469 e. The summed E-state index contributed by atoms with van der Waals surface area (Å²) in [7, 11) is -2.34. The van der Waals surface area contributed by atoms with E-state index in [9.17, 15) is 18.0 Å². The van der Waals surface area contributed by atoms with Gasteiger partial charge in [-0.15, -0.1) is 0 Å². The molecule has 88 valence electrons. The van der Waals surface area contributed by atoms with Crippen molar-refractivity contribution in [2.75, 3.05) is 12.9 Å². The topological polar surface area (TPSA) is 77.5 Å². The van der Waals surface area contributed by atoms with Crippen LogP contribution in [0.15, 0.2) is 0 Å². The van der Waals surface area contributed by atoms with Crippen LogP contribution in [0.3, 0.4) is 0 Å². The van der Waals surface area contributed by atoms with E-state index in [-0.39, 0.29) is 24.4 Å². The van der Waals surface area contributed by atoms with Crippen molar-refractivity contribution in [1.29, 1.82) is 0 Å². The minimum atomic E-state index is -3.53. The predicted octanol–water partition coefficient (Wildman–Crippen LogP) is 0.332. The molecule has 0 aliphatic carbocycles. The molecule has 1 unspecified atom stereocenters. The molecule has 5 nitrogen and oxygen atoms in total. The second-order valence-electron chi connectivity index (χ2n) is 3.16. The van der Waals surface area contributed by atoms with E-state index in [2.05, 4.69) is 4.74 Å². The van der Waals surface area contributed by atoms with Gasteiger partial charge in [0.2, 0.25) is 0 Å². The number of carbonyl (C=O) groups is 2. The van der Waals surface area contributed by atoms with Crippen LogP contribution in [0.25, 0.3) is 0 Å². The molecule has 1 atom stereocenters. The Hall–Kier alpha value is -0.910. The van der Waals surface area contributed by atoms with Crippen LogP contribution in [0.2, 0.25) is 0 Å². The molecule has 0 rings (SSSR count). The van der Waals surface area contributed by atoms with Crippen LogP contribution in [0.4, 0.5) is 0 Å². The fourth-order valence-corrected chi connectivity index (χ4v) is 2.36. The largest absolute Gasteiger partial charge is 0.469 e. The monoisotopic (exact) mass is 236 g/mol. The molecule has 0 amide bonds. The average Bonchev–Trinajstić information content (AvgIpc) is 2.23. The van der Waals surface area contributed by atoms with Crippen LogP contribution in [0, 0.1) is 0 Å². The third-order valence-corrected chi connectivity index (χ3v) is 4.27. The molecule has 0 saturated carbocycles. The summed E-state index contributed by atoms with van der Waals surface area (Å²) >= 11 is 0. The van der Waals surface area contributed by atoms with Crippen molar-refractivity contribution in [3.05, 3.63) is 0 Å². The maximum atomic E-state index is 11.5. The Morgan fingerprint density at radius 3 is 2.27 bits per heavy atom. The first-order valence-corrected chi connectivity index (χ1v) is 6.37. The van der Waals surface area contributed by atoms with E-state index in [1.54, 1.807) is 6.92 Å². The van der Waals surface area contributed by atoms with Crippen molar-refractivity contribution in [1.82, 2.24) is 0 Å². The molecular weight excluding hydrogens is 220 g/mol. The van der Waals surface area contributed by atoms with Crippen molar-refractivity contribution in [2.45, 2.75) is 31.9 Å². The van der Waals surface area contributed by atoms with E-state index >= 15 is 0 Å². The van der Waals surface area contributed by atoms with Crippen LogP contribution in [-0.4, -0.2) is 38.3 Å². The third-order valence-electron chi connectivity index (χ3n) is 2.16. The van der Waals surface area contributed by atoms with Gasteiger partial charge in [-0.3, -0.25) is 9.59 Å². The molecule has 0 N–H and O–H groups in total. The predicted molar refractivity (Wildman–Crippen MR) is 55.2 cm³/mol. The highest BCUT2D eigenvalue weighted by molar-refractivity contribution is 7.92. The zero-order chi connectivity index (χ0) is 12.1. The van der Waals surface area contributed by atoms with Gasteiger partial charge in [-0.05, 0) is 6.92 Å². The highest BCUT2D eigenvalue weighted by atomic mass is 32.2. The summed E-state index contributed by atoms with van der Waals surface area (Å²) in [4.78, 5) is 21.9. The van der Waals surface area contributed by atoms with Gasteiger partial charge in [-0.25, -0.2) is 8.42 Å². The van der Waals surface area contributed by atoms with Crippen molar-refractivity contribution in [2.24, 2.45) is 0 Å². The highest BCUT2D eigenvalue weighted by Gasteiger charge is 2.26. The lowest BCUT2D eigenvalue weighted by molar-refractivity contribution is -0.140. The highest BCUT2D eigenvalue weighted by Crippen LogP contribution is 2.07. The van der Waals surface area contributed by atoms with Gasteiger partial charge in [0.05, 0.1) is 19.3 Å². The fourth-order valence-electron chi connectivity index (χ4n) is 0.992. The molecule has 0 saturated heterocycles. The number of esters is 1. The smallest absolute Gasteiger partial charge is 0.306 e. The van der Waals surface area contributed by atoms with E-state index in [4.69, 9.17) is 0 Å². The number of hydrogen-bond donors (Lipinski definition) is 0. The summed E-state index contributed by atoms with van der Waals surface area (Å²) in [5, 5.41) is -1.04. The Morgan fingerprint density at radius 1 is 1.33 bits per heavy atom. The van der Waals surface area contributed by atoms with Crippen LogP contribution in [0.1, 0.15) is 26.7 Å². The maximum absolute atomic E-state index is 11.5. The number of sulfone groups is 1. The van der Waals surface area contributed by atoms with Gasteiger partial charge in [0.1, 0.15) is 11.0 Å². The zero-order valence-electron chi connectivity index (χ0n) is 9.15. The van der Waals surface area contributed by atoms with Crippen molar-refractivity contribution < 1.29 is 22.7 Å². The van der Waals surface area contributed by atoms with Crippen molar-refractivity contribution in [3.63, 3.8) is 0 Å². The van der Waals surface area contributed by atoms with Gasteiger partial charge in [-0.2, -0.15) is 0 Å². The number of ketones is 1. The molecule has 15 heavy (non-hydrogen) atoms. The van der Waals surface area contributed by atoms with Crippen molar-refractivity contribution in [3.8, 4) is 0 Å². The maximum Gasteiger partial charge on any atom is 0.306 e. The summed E-state index contributed by atoms with van der Waals surface area (Å²) < 4.78 is 27.4.